The van der Waals surface area contributed by atoms with Gasteiger partial charge in [-0.15, -0.1) is 0 Å². The fraction of sp³-hybridized carbons (Fsp3) is 0.400. The van der Waals surface area contributed by atoms with E-state index in [1.54, 1.807) is 0 Å². The van der Waals surface area contributed by atoms with Gasteiger partial charge in [-0.3, -0.25) is 20.2 Å². The van der Waals surface area contributed by atoms with Gasteiger partial charge in [-0.1, -0.05) is 34.8 Å². The summed E-state index contributed by atoms with van der Waals surface area (Å²) >= 11 is 17.7. The summed E-state index contributed by atoms with van der Waals surface area (Å²) < 4.78 is 5.15. The second-order valence-electron chi connectivity index (χ2n) is 4.10. The van der Waals surface area contributed by atoms with E-state index in [1.807, 2.05) is 0 Å². The molecule has 1 aromatic carbocycles. The molecule has 1 aliphatic rings. The SMILES string of the molecule is O=[N+]([O-])c1c(Cl)c(Cl)c(Cl)c(N2CCOCC2)c1[N+](=O)[O-]. The van der Waals surface area contributed by atoms with E-state index in [1.165, 1.54) is 4.90 Å². The lowest BCUT2D eigenvalue weighted by atomic mass is 10.2. The Labute approximate surface area is 133 Å². The lowest BCUT2D eigenvalue weighted by molar-refractivity contribution is -0.421. The number of hydrogen-bond donors (Lipinski definition) is 0. The first-order valence-electron chi connectivity index (χ1n) is 5.68. The maximum atomic E-state index is 11.3. The maximum absolute atomic E-state index is 11.3. The second-order valence-corrected chi connectivity index (χ2v) is 5.24. The molecule has 1 saturated heterocycles. The first-order valence-corrected chi connectivity index (χ1v) is 6.81. The highest BCUT2D eigenvalue weighted by molar-refractivity contribution is 6.50. The number of halogens is 3. The molecule has 0 atom stereocenters. The number of nitro benzene ring substituents is 2. The van der Waals surface area contributed by atoms with Crippen LogP contribution >= 0.6 is 34.8 Å². The summed E-state index contributed by atoms with van der Waals surface area (Å²) in [7, 11) is 0. The van der Waals surface area contributed by atoms with Gasteiger partial charge in [-0.25, -0.2) is 0 Å². The van der Waals surface area contributed by atoms with Gasteiger partial charge in [0.1, 0.15) is 10.7 Å². The van der Waals surface area contributed by atoms with Crippen molar-refractivity contribution < 1.29 is 14.6 Å². The van der Waals surface area contributed by atoms with E-state index in [2.05, 4.69) is 0 Å². The third-order valence-corrected chi connectivity index (χ3v) is 4.25. The smallest absolute Gasteiger partial charge is 0.372 e. The van der Waals surface area contributed by atoms with Gasteiger partial charge in [-0.05, 0) is 0 Å². The highest BCUT2D eigenvalue weighted by Crippen LogP contribution is 2.51. The molecule has 0 aromatic heterocycles. The Balaban J connectivity index is 2.77. The monoisotopic (exact) mass is 355 g/mol. The van der Waals surface area contributed by atoms with Crippen LogP contribution in [0.2, 0.25) is 15.1 Å². The molecule has 1 heterocycles. The number of anilines is 1. The third kappa shape index (κ3) is 2.84. The summed E-state index contributed by atoms with van der Waals surface area (Å²) in [5.41, 5.74) is -1.73. The van der Waals surface area contributed by atoms with Crippen LogP contribution in [0.3, 0.4) is 0 Å². The van der Waals surface area contributed by atoms with Crippen molar-refractivity contribution in [3.63, 3.8) is 0 Å². The van der Waals surface area contributed by atoms with Crippen molar-refractivity contribution in [2.24, 2.45) is 0 Å². The number of ether oxygens (including phenoxy) is 1. The number of benzene rings is 1. The summed E-state index contributed by atoms with van der Waals surface area (Å²) in [6.07, 6.45) is 0. The van der Waals surface area contributed by atoms with Gasteiger partial charge >= 0.3 is 11.4 Å². The van der Waals surface area contributed by atoms with Crippen LogP contribution in [0.5, 0.6) is 0 Å². The van der Waals surface area contributed by atoms with Gasteiger partial charge in [-0.2, -0.15) is 0 Å². The Morgan fingerprint density at radius 1 is 0.905 bits per heavy atom. The lowest BCUT2D eigenvalue weighted by Gasteiger charge is -2.29. The van der Waals surface area contributed by atoms with E-state index in [4.69, 9.17) is 39.5 Å². The van der Waals surface area contributed by atoms with Crippen molar-refractivity contribution in [2.75, 3.05) is 31.2 Å². The van der Waals surface area contributed by atoms with Crippen molar-refractivity contribution in [3.8, 4) is 0 Å². The molecule has 1 fully saturated rings. The van der Waals surface area contributed by atoms with Crippen molar-refractivity contribution in [3.05, 3.63) is 35.3 Å². The van der Waals surface area contributed by atoms with Crippen LogP contribution in [0.15, 0.2) is 0 Å². The average Bonchev–Trinajstić information content (AvgIpc) is 2.44. The minimum atomic E-state index is -0.938. The molecule has 1 aromatic rings. The predicted molar refractivity (Wildman–Crippen MR) is 77.8 cm³/mol. The number of hydrogen-bond acceptors (Lipinski definition) is 6. The topological polar surface area (TPSA) is 98.8 Å². The van der Waals surface area contributed by atoms with Crippen LogP contribution in [-0.4, -0.2) is 36.1 Å². The standard InChI is InChI=1S/C10H8Cl3N3O5/c11-5-6(12)8(14-1-3-21-4-2-14)10(16(19)20)9(7(5)13)15(17)18/h1-4H2. The van der Waals surface area contributed by atoms with Crippen molar-refractivity contribution in [1.82, 2.24) is 0 Å². The van der Waals surface area contributed by atoms with Crippen LogP contribution < -0.4 is 4.90 Å². The molecule has 11 heteroatoms. The van der Waals surface area contributed by atoms with Gasteiger partial charge in [0.15, 0.2) is 0 Å². The molecule has 2 rings (SSSR count). The molecule has 8 nitrogen and oxygen atoms in total. The number of rotatable bonds is 3. The molecule has 0 saturated carbocycles. The highest BCUT2D eigenvalue weighted by atomic mass is 35.5. The molecular weight excluding hydrogens is 348 g/mol. The van der Waals surface area contributed by atoms with Gasteiger partial charge in [0.05, 0.1) is 33.1 Å². The van der Waals surface area contributed by atoms with Gasteiger partial charge < -0.3 is 9.64 Å². The van der Waals surface area contributed by atoms with Crippen LogP contribution in [-0.2, 0) is 4.74 Å². The Hall–Kier alpha value is -1.35. The Morgan fingerprint density at radius 3 is 1.90 bits per heavy atom. The predicted octanol–water partition coefficient (Wildman–Crippen LogP) is 3.30. The van der Waals surface area contributed by atoms with Crippen molar-refractivity contribution in [1.29, 1.82) is 0 Å². The van der Waals surface area contributed by atoms with E-state index >= 15 is 0 Å². The summed E-state index contributed by atoms with van der Waals surface area (Å²) in [4.78, 5) is 22.1. The van der Waals surface area contributed by atoms with E-state index in [-0.39, 0.29) is 15.7 Å². The maximum Gasteiger partial charge on any atom is 0.372 e. The fourth-order valence-corrected chi connectivity index (χ4v) is 2.82. The van der Waals surface area contributed by atoms with Crippen molar-refractivity contribution in [2.45, 2.75) is 0 Å². The number of nitrogens with zero attached hydrogens (tertiary/aromatic N) is 3. The Bertz CT molecular complexity index is 619. The Kier molecular flexibility index (Phi) is 4.72. The van der Waals surface area contributed by atoms with Crippen LogP contribution in [0.1, 0.15) is 0 Å². The molecule has 0 N–H and O–H groups in total. The quantitative estimate of drug-likeness (QED) is 0.468. The molecule has 0 aliphatic carbocycles. The van der Waals surface area contributed by atoms with Gasteiger partial charge in [0.25, 0.3) is 0 Å². The summed E-state index contributed by atoms with van der Waals surface area (Å²) in [6, 6.07) is 0. The van der Waals surface area contributed by atoms with E-state index < -0.39 is 26.2 Å². The zero-order chi connectivity index (χ0) is 15.7. The second kappa shape index (κ2) is 6.18. The summed E-state index contributed by atoms with van der Waals surface area (Å²) in [6.45, 7) is 1.24. The molecule has 1 aliphatic heterocycles. The van der Waals surface area contributed by atoms with Crippen molar-refractivity contribution >= 4 is 51.9 Å². The molecule has 114 valence electrons. The molecule has 0 amide bonds. The first-order chi connectivity index (χ1) is 9.86. The number of nitro groups is 2. The molecular formula is C10H8Cl3N3O5. The van der Waals surface area contributed by atoms with Gasteiger partial charge in [0.2, 0.25) is 0 Å². The molecule has 0 unspecified atom stereocenters. The molecule has 0 radical (unpaired) electrons. The van der Waals surface area contributed by atoms with E-state index in [0.29, 0.717) is 26.3 Å². The highest BCUT2D eigenvalue weighted by Gasteiger charge is 2.39. The van der Waals surface area contributed by atoms with E-state index in [0.717, 1.165) is 0 Å². The third-order valence-electron chi connectivity index (χ3n) is 2.94. The Morgan fingerprint density at radius 2 is 1.43 bits per heavy atom. The van der Waals surface area contributed by atoms with Gasteiger partial charge in [0, 0.05) is 13.1 Å². The van der Waals surface area contributed by atoms with E-state index in [9.17, 15) is 20.2 Å². The minimum absolute atomic E-state index is 0.105. The molecule has 21 heavy (non-hydrogen) atoms. The minimum Gasteiger partial charge on any atom is -0.378 e. The average molecular weight is 357 g/mol. The first kappa shape index (κ1) is 16.0. The fourth-order valence-electron chi connectivity index (χ4n) is 2.04. The zero-order valence-electron chi connectivity index (χ0n) is 10.3. The lowest BCUT2D eigenvalue weighted by Crippen LogP contribution is -2.37. The molecule has 0 spiro atoms. The van der Waals surface area contributed by atoms with Crippen LogP contribution in [0.25, 0.3) is 0 Å². The normalized spacial score (nSPS) is 15.1. The number of morpholine rings is 1. The van der Waals surface area contributed by atoms with Crippen LogP contribution in [0, 0.1) is 20.2 Å². The largest absolute Gasteiger partial charge is 0.378 e. The summed E-state index contributed by atoms with van der Waals surface area (Å²) in [5.74, 6) is 0. The summed E-state index contributed by atoms with van der Waals surface area (Å²) in [5, 5.41) is 21.4. The molecule has 0 bridgehead atoms. The van der Waals surface area contributed by atoms with Crippen LogP contribution in [0.4, 0.5) is 17.1 Å². The zero-order valence-corrected chi connectivity index (χ0v) is 12.6.